The van der Waals surface area contributed by atoms with Gasteiger partial charge in [-0.2, -0.15) is 0 Å². The molecule has 0 N–H and O–H groups in total. The number of hydrogen-bond donors (Lipinski definition) is 0. The van der Waals surface area contributed by atoms with E-state index in [1.807, 2.05) is 84.3 Å². The van der Waals surface area contributed by atoms with Crippen LogP contribution >= 0.6 is 0 Å². The fraction of sp³-hybridized carbons (Fsp3) is 0.333. The Morgan fingerprint density at radius 2 is 1.68 bits per heavy atom. The third-order valence-electron chi connectivity index (χ3n) is 5.36. The summed E-state index contributed by atoms with van der Waals surface area (Å²) in [4.78, 5) is 29.2. The van der Waals surface area contributed by atoms with Gasteiger partial charge in [0.05, 0.1) is 0 Å². The highest BCUT2D eigenvalue weighted by Gasteiger charge is 2.30. The van der Waals surface area contributed by atoms with Gasteiger partial charge in [0.1, 0.15) is 0 Å². The molecule has 1 aliphatic heterocycles. The van der Waals surface area contributed by atoms with Crippen LogP contribution in [0, 0.1) is 12.8 Å². The predicted molar refractivity (Wildman–Crippen MR) is 114 cm³/mol. The summed E-state index contributed by atoms with van der Waals surface area (Å²) in [5.41, 5.74) is 3.10. The number of para-hydroxylation sites is 1. The summed E-state index contributed by atoms with van der Waals surface area (Å²) in [6.45, 7) is 5.95. The minimum Gasteiger partial charge on any atom is -0.339 e. The molecule has 4 nitrogen and oxygen atoms in total. The Morgan fingerprint density at radius 3 is 2.32 bits per heavy atom. The maximum absolute atomic E-state index is 13.1. The van der Waals surface area contributed by atoms with E-state index in [1.54, 1.807) is 6.08 Å². The second-order valence-corrected chi connectivity index (χ2v) is 7.21. The van der Waals surface area contributed by atoms with Crippen LogP contribution in [0.3, 0.4) is 0 Å². The highest BCUT2D eigenvalue weighted by molar-refractivity contribution is 5.96. The standard InChI is InChI=1S/C24H28N2O2/c1-3-26(22-12-8-7-9-19(22)2)24(28)21-15-17-25(18-16-21)23(27)14-13-20-10-5-4-6-11-20/h4-14,21H,3,15-18H2,1-2H3/b14-13+. The van der Waals surface area contributed by atoms with Crippen molar-refractivity contribution in [1.82, 2.24) is 4.90 Å². The zero-order chi connectivity index (χ0) is 19.9. The molecule has 0 unspecified atom stereocenters. The molecule has 0 saturated carbocycles. The molecule has 28 heavy (non-hydrogen) atoms. The number of nitrogens with zero attached hydrogens (tertiary/aromatic N) is 2. The average molecular weight is 377 g/mol. The van der Waals surface area contributed by atoms with Crippen LogP contribution in [-0.4, -0.2) is 36.3 Å². The smallest absolute Gasteiger partial charge is 0.246 e. The largest absolute Gasteiger partial charge is 0.339 e. The van der Waals surface area contributed by atoms with E-state index in [0.29, 0.717) is 32.5 Å². The van der Waals surface area contributed by atoms with E-state index in [0.717, 1.165) is 16.8 Å². The minimum atomic E-state index is -0.0262. The van der Waals surface area contributed by atoms with E-state index in [1.165, 1.54) is 0 Å². The quantitative estimate of drug-likeness (QED) is 0.730. The third kappa shape index (κ3) is 4.69. The summed E-state index contributed by atoms with van der Waals surface area (Å²) in [5.74, 6) is 0.159. The molecule has 2 aromatic rings. The fourth-order valence-corrected chi connectivity index (χ4v) is 3.72. The van der Waals surface area contributed by atoms with Crippen molar-refractivity contribution in [2.24, 2.45) is 5.92 Å². The van der Waals surface area contributed by atoms with E-state index in [4.69, 9.17) is 0 Å². The molecule has 2 aromatic carbocycles. The van der Waals surface area contributed by atoms with Crippen molar-refractivity contribution in [2.45, 2.75) is 26.7 Å². The number of aryl methyl sites for hydroxylation is 1. The molecule has 1 aliphatic rings. The SMILES string of the molecule is CCN(C(=O)C1CCN(C(=O)/C=C/c2ccccc2)CC1)c1ccccc1C. The molecule has 1 saturated heterocycles. The molecule has 2 amide bonds. The topological polar surface area (TPSA) is 40.6 Å². The van der Waals surface area contributed by atoms with Crippen molar-refractivity contribution in [3.8, 4) is 0 Å². The molecule has 0 aromatic heterocycles. The van der Waals surface area contributed by atoms with Gasteiger partial charge in [-0.05, 0) is 50.0 Å². The molecule has 0 spiro atoms. The van der Waals surface area contributed by atoms with Crippen molar-refractivity contribution in [3.05, 3.63) is 71.8 Å². The van der Waals surface area contributed by atoms with E-state index < -0.39 is 0 Å². The van der Waals surface area contributed by atoms with Crippen molar-refractivity contribution in [3.63, 3.8) is 0 Å². The molecule has 0 atom stereocenters. The Labute approximate surface area is 167 Å². The van der Waals surface area contributed by atoms with Crippen LogP contribution in [0.1, 0.15) is 30.9 Å². The van der Waals surface area contributed by atoms with E-state index in [2.05, 4.69) is 0 Å². The van der Waals surface area contributed by atoms with Crippen LogP contribution in [0.15, 0.2) is 60.7 Å². The summed E-state index contributed by atoms with van der Waals surface area (Å²) >= 11 is 0. The van der Waals surface area contributed by atoms with Crippen molar-refractivity contribution < 1.29 is 9.59 Å². The first-order valence-electron chi connectivity index (χ1n) is 9.99. The van der Waals surface area contributed by atoms with Gasteiger partial charge in [0, 0.05) is 37.3 Å². The number of benzene rings is 2. The maximum Gasteiger partial charge on any atom is 0.246 e. The van der Waals surface area contributed by atoms with Gasteiger partial charge in [-0.1, -0.05) is 48.5 Å². The zero-order valence-corrected chi connectivity index (χ0v) is 16.7. The summed E-state index contributed by atoms with van der Waals surface area (Å²) in [6, 6.07) is 17.8. The normalized spacial score (nSPS) is 15.0. The number of carbonyl (C=O) groups excluding carboxylic acids is 2. The Hall–Kier alpha value is -2.88. The number of hydrogen-bond acceptors (Lipinski definition) is 2. The maximum atomic E-state index is 13.1. The van der Waals surface area contributed by atoms with Crippen LogP contribution in [0.5, 0.6) is 0 Å². The predicted octanol–water partition coefficient (Wildman–Crippen LogP) is 4.30. The number of amides is 2. The first kappa shape index (κ1) is 19.9. The van der Waals surface area contributed by atoms with Crippen LogP contribution in [0.25, 0.3) is 6.08 Å². The van der Waals surface area contributed by atoms with Gasteiger partial charge in [0.2, 0.25) is 11.8 Å². The summed E-state index contributed by atoms with van der Waals surface area (Å²) in [6.07, 6.45) is 4.90. The van der Waals surface area contributed by atoms with Crippen LogP contribution in [0.2, 0.25) is 0 Å². The van der Waals surface area contributed by atoms with E-state index in [-0.39, 0.29) is 17.7 Å². The van der Waals surface area contributed by atoms with Crippen molar-refractivity contribution >= 4 is 23.6 Å². The monoisotopic (exact) mass is 376 g/mol. The molecule has 0 aliphatic carbocycles. The van der Waals surface area contributed by atoms with E-state index in [9.17, 15) is 9.59 Å². The van der Waals surface area contributed by atoms with Gasteiger partial charge in [-0.15, -0.1) is 0 Å². The molecular weight excluding hydrogens is 348 g/mol. The highest BCUT2D eigenvalue weighted by atomic mass is 16.2. The minimum absolute atomic E-state index is 0.0148. The Bertz CT molecular complexity index is 837. The van der Waals surface area contributed by atoms with Crippen molar-refractivity contribution in [2.75, 3.05) is 24.5 Å². The molecule has 1 fully saturated rings. The summed E-state index contributed by atoms with van der Waals surface area (Å²) in [7, 11) is 0. The zero-order valence-electron chi connectivity index (χ0n) is 16.7. The second-order valence-electron chi connectivity index (χ2n) is 7.21. The van der Waals surface area contributed by atoms with E-state index >= 15 is 0 Å². The molecule has 3 rings (SSSR count). The van der Waals surface area contributed by atoms with Crippen LogP contribution < -0.4 is 4.90 Å². The molecule has 0 bridgehead atoms. The molecular formula is C24H28N2O2. The fourth-order valence-electron chi connectivity index (χ4n) is 3.72. The first-order valence-corrected chi connectivity index (χ1v) is 9.99. The Kier molecular flexibility index (Phi) is 6.64. The van der Waals surface area contributed by atoms with Gasteiger partial charge in [-0.25, -0.2) is 0 Å². The van der Waals surface area contributed by atoms with Gasteiger partial charge in [0.25, 0.3) is 0 Å². The average Bonchev–Trinajstić information content (AvgIpc) is 2.74. The van der Waals surface area contributed by atoms with Gasteiger partial charge in [-0.3, -0.25) is 9.59 Å². The summed E-state index contributed by atoms with van der Waals surface area (Å²) in [5, 5.41) is 0. The number of rotatable bonds is 5. The van der Waals surface area contributed by atoms with Crippen LogP contribution in [0.4, 0.5) is 5.69 Å². The van der Waals surface area contributed by atoms with Gasteiger partial charge >= 0.3 is 0 Å². The Balaban J connectivity index is 1.58. The molecule has 1 heterocycles. The lowest BCUT2D eigenvalue weighted by molar-refractivity contribution is -0.130. The highest BCUT2D eigenvalue weighted by Crippen LogP contribution is 2.25. The third-order valence-corrected chi connectivity index (χ3v) is 5.36. The molecule has 4 heteroatoms. The second kappa shape index (κ2) is 9.36. The van der Waals surface area contributed by atoms with Gasteiger partial charge < -0.3 is 9.80 Å². The Morgan fingerprint density at radius 1 is 1.04 bits per heavy atom. The molecule has 146 valence electrons. The van der Waals surface area contributed by atoms with Crippen LogP contribution in [-0.2, 0) is 9.59 Å². The lowest BCUT2D eigenvalue weighted by Crippen LogP contribution is -2.44. The number of likely N-dealkylation sites (tertiary alicyclic amines) is 1. The molecule has 0 radical (unpaired) electrons. The lowest BCUT2D eigenvalue weighted by Gasteiger charge is -2.34. The van der Waals surface area contributed by atoms with Gasteiger partial charge in [0.15, 0.2) is 0 Å². The number of piperidine rings is 1. The lowest BCUT2D eigenvalue weighted by atomic mass is 9.94. The number of anilines is 1. The summed E-state index contributed by atoms with van der Waals surface area (Å²) < 4.78 is 0. The van der Waals surface area contributed by atoms with Crippen molar-refractivity contribution in [1.29, 1.82) is 0 Å². The number of carbonyl (C=O) groups is 2. The first-order chi connectivity index (χ1) is 13.6.